The number of amides is 1. The summed E-state index contributed by atoms with van der Waals surface area (Å²) in [6, 6.07) is 18.2. The molecule has 0 aliphatic carbocycles. The fraction of sp³-hybridized carbons (Fsp3) is 0.111. The quantitative estimate of drug-likeness (QED) is 0.673. The van der Waals surface area contributed by atoms with Crippen molar-refractivity contribution in [2.24, 2.45) is 0 Å². The van der Waals surface area contributed by atoms with E-state index < -0.39 is 11.7 Å². The minimum absolute atomic E-state index is 0.232. The van der Waals surface area contributed by atoms with Crippen LogP contribution in [-0.2, 0) is 11.3 Å². The van der Waals surface area contributed by atoms with E-state index in [0.29, 0.717) is 11.3 Å². The van der Waals surface area contributed by atoms with Gasteiger partial charge in [0, 0.05) is 10.5 Å². The number of hydrogen-bond acceptors (Lipinski definition) is 6. The maximum absolute atomic E-state index is 12.4. The van der Waals surface area contributed by atoms with Gasteiger partial charge in [0.1, 0.15) is 6.54 Å². The van der Waals surface area contributed by atoms with Crippen molar-refractivity contribution in [3.63, 3.8) is 0 Å². The van der Waals surface area contributed by atoms with Crippen molar-refractivity contribution in [1.29, 1.82) is 5.26 Å². The van der Waals surface area contributed by atoms with Crippen LogP contribution < -0.4 is 11.1 Å². The van der Waals surface area contributed by atoms with Gasteiger partial charge in [-0.25, -0.2) is 9.36 Å². The Labute approximate surface area is 153 Å². The van der Waals surface area contributed by atoms with E-state index in [1.807, 2.05) is 30.3 Å². The number of carbonyl (C=O) groups excluding carboxylic acids is 1. The topological polar surface area (TPSA) is 101 Å². The molecule has 0 saturated heterocycles. The van der Waals surface area contributed by atoms with Crippen LogP contribution >= 0.6 is 11.8 Å². The Balaban J connectivity index is 1.79. The first-order valence-corrected chi connectivity index (χ1v) is 8.68. The number of para-hydroxylation sites is 1. The minimum Gasteiger partial charge on any atom is -0.324 e. The van der Waals surface area contributed by atoms with E-state index >= 15 is 0 Å². The van der Waals surface area contributed by atoms with E-state index in [1.165, 1.54) is 16.3 Å². The van der Waals surface area contributed by atoms with Gasteiger partial charge in [-0.15, -0.1) is 11.8 Å². The Hall–Kier alpha value is -3.31. The van der Waals surface area contributed by atoms with E-state index in [-0.39, 0.29) is 18.1 Å². The Morgan fingerprint density at radius 3 is 2.69 bits per heavy atom. The summed E-state index contributed by atoms with van der Waals surface area (Å²) >= 11 is 1.32. The zero-order valence-corrected chi connectivity index (χ0v) is 14.4. The Kier molecular flexibility index (Phi) is 5.51. The Morgan fingerprint density at radius 1 is 1.19 bits per heavy atom. The standard InChI is InChI=1S/C18H14N4O3S/c19-10-11-26-15-9-5-4-8-14(15)20-16(23)12-22-17(21-25-18(22)24)13-6-2-1-3-7-13/h1-9H,11-12H2,(H,20,23). The van der Waals surface area contributed by atoms with Gasteiger partial charge in [-0.05, 0) is 12.1 Å². The second-order valence-corrected chi connectivity index (χ2v) is 6.23. The first-order valence-electron chi connectivity index (χ1n) is 7.69. The number of rotatable bonds is 6. The highest BCUT2D eigenvalue weighted by Crippen LogP contribution is 2.26. The number of carbonyl (C=O) groups is 1. The van der Waals surface area contributed by atoms with Crippen LogP contribution in [0.25, 0.3) is 11.4 Å². The molecule has 0 unspecified atom stereocenters. The molecule has 1 aromatic heterocycles. The lowest BCUT2D eigenvalue weighted by Gasteiger charge is -2.10. The maximum atomic E-state index is 12.4. The van der Waals surface area contributed by atoms with Gasteiger partial charge in [0.15, 0.2) is 5.82 Å². The van der Waals surface area contributed by atoms with Crippen molar-refractivity contribution in [2.75, 3.05) is 11.1 Å². The maximum Gasteiger partial charge on any atom is 0.442 e. The number of hydrogen-bond donors (Lipinski definition) is 1. The number of thioether (sulfide) groups is 1. The van der Waals surface area contributed by atoms with Crippen LogP contribution in [0, 0.1) is 11.3 Å². The predicted molar refractivity (Wildman–Crippen MR) is 97.6 cm³/mol. The van der Waals surface area contributed by atoms with E-state index in [4.69, 9.17) is 9.78 Å². The number of benzene rings is 2. The number of nitrogens with one attached hydrogen (secondary N) is 1. The molecule has 7 nitrogen and oxygen atoms in total. The third-order valence-electron chi connectivity index (χ3n) is 3.47. The van der Waals surface area contributed by atoms with Gasteiger partial charge >= 0.3 is 5.76 Å². The van der Waals surface area contributed by atoms with Gasteiger partial charge in [-0.3, -0.25) is 9.32 Å². The second kappa shape index (κ2) is 8.18. The van der Waals surface area contributed by atoms with Crippen molar-refractivity contribution in [2.45, 2.75) is 11.4 Å². The average Bonchev–Trinajstić information content (AvgIpc) is 3.02. The van der Waals surface area contributed by atoms with Gasteiger partial charge in [0.2, 0.25) is 5.91 Å². The molecule has 2 aromatic carbocycles. The molecule has 3 aromatic rings. The zero-order chi connectivity index (χ0) is 18.4. The highest BCUT2D eigenvalue weighted by Gasteiger charge is 2.16. The molecule has 0 aliphatic rings. The zero-order valence-electron chi connectivity index (χ0n) is 13.6. The van der Waals surface area contributed by atoms with Crippen molar-refractivity contribution in [1.82, 2.24) is 9.72 Å². The van der Waals surface area contributed by atoms with Crippen LogP contribution in [0.1, 0.15) is 0 Å². The summed E-state index contributed by atoms with van der Waals surface area (Å²) in [5.74, 6) is -0.530. The first kappa shape index (κ1) is 17.5. The third-order valence-corrected chi connectivity index (χ3v) is 4.41. The lowest BCUT2D eigenvalue weighted by Crippen LogP contribution is -2.25. The molecular formula is C18H14N4O3S. The normalized spacial score (nSPS) is 10.3. The summed E-state index contributed by atoms with van der Waals surface area (Å²) in [6.45, 7) is -0.232. The molecule has 130 valence electrons. The highest BCUT2D eigenvalue weighted by atomic mass is 32.2. The molecule has 0 bridgehead atoms. The summed E-state index contributed by atoms with van der Waals surface area (Å²) in [4.78, 5) is 25.1. The summed E-state index contributed by atoms with van der Waals surface area (Å²) in [7, 11) is 0. The van der Waals surface area contributed by atoms with Crippen molar-refractivity contribution in [3.05, 3.63) is 65.1 Å². The van der Waals surface area contributed by atoms with Crippen molar-refractivity contribution >= 4 is 23.4 Å². The number of aromatic nitrogens is 2. The molecule has 1 amide bonds. The molecule has 26 heavy (non-hydrogen) atoms. The molecule has 8 heteroatoms. The summed E-state index contributed by atoms with van der Waals surface area (Å²) < 4.78 is 5.89. The number of anilines is 1. The number of nitrogens with zero attached hydrogens (tertiary/aromatic N) is 3. The molecule has 0 radical (unpaired) electrons. The molecule has 0 atom stereocenters. The van der Waals surface area contributed by atoms with Crippen LogP contribution in [0.3, 0.4) is 0 Å². The molecule has 1 N–H and O–H groups in total. The lowest BCUT2D eigenvalue weighted by molar-refractivity contribution is -0.116. The largest absolute Gasteiger partial charge is 0.442 e. The molecular weight excluding hydrogens is 352 g/mol. The summed E-state index contributed by atoms with van der Waals surface area (Å²) in [5, 5.41) is 15.3. The summed E-state index contributed by atoms with van der Waals surface area (Å²) in [6.07, 6.45) is 0. The van der Waals surface area contributed by atoms with E-state index in [2.05, 4.69) is 16.5 Å². The Bertz CT molecular complexity index is 1010. The molecule has 0 spiro atoms. The van der Waals surface area contributed by atoms with E-state index in [0.717, 1.165) is 4.90 Å². The predicted octanol–water partition coefficient (Wildman–Crippen LogP) is 2.76. The van der Waals surface area contributed by atoms with Crippen LogP contribution in [0.5, 0.6) is 0 Å². The van der Waals surface area contributed by atoms with Crippen LogP contribution in [0.15, 0.2) is 68.8 Å². The SMILES string of the molecule is N#CCSc1ccccc1NC(=O)Cn1c(-c2ccccc2)noc1=O. The molecule has 0 fully saturated rings. The lowest BCUT2D eigenvalue weighted by atomic mass is 10.2. The van der Waals surface area contributed by atoms with Crippen LogP contribution in [-0.4, -0.2) is 21.4 Å². The van der Waals surface area contributed by atoms with Crippen LogP contribution in [0.2, 0.25) is 0 Å². The average molecular weight is 366 g/mol. The first-order chi connectivity index (χ1) is 12.7. The molecule has 0 saturated carbocycles. The van der Waals surface area contributed by atoms with Gasteiger partial charge in [-0.1, -0.05) is 47.6 Å². The van der Waals surface area contributed by atoms with Crippen LogP contribution in [0.4, 0.5) is 5.69 Å². The van der Waals surface area contributed by atoms with Gasteiger partial charge in [0.25, 0.3) is 0 Å². The van der Waals surface area contributed by atoms with E-state index in [9.17, 15) is 9.59 Å². The highest BCUT2D eigenvalue weighted by molar-refractivity contribution is 7.99. The third kappa shape index (κ3) is 4.02. The minimum atomic E-state index is -0.703. The van der Waals surface area contributed by atoms with Gasteiger partial charge in [-0.2, -0.15) is 5.26 Å². The Morgan fingerprint density at radius 2 is 1.92 bits per heavy atom. The smallest absolute Gasteiger partial charge is 0.324 e. The monoisotopic (exact) mass is 366 g/mol. The van der Waals surface area contributed by atoms with Crippen molar-refractivity contribution in [3.8, 4) is 17.5 Å². The van der Waals surface area contributed by atoms with Gasteiger partial charge in [0.05, 0.1) is 17.5 Å². The fourth-order valence-electron chi connectivity index (χ4n) is 2.34. The molecule has 0 aliphatic heterocycles. The number of nitriles is 1. The van der Waals surface area contributed by atoms with Crippen molar-refractivity contribution < 1.29 is 9.32 Å². The van der Waals surface area contributed by atoms with E-state index in [1.54, 1.807) is 24.3 Å². The summed E-state index contributed by atoms with van der Waals surface area (Å²) in [5.41, 5.74) is 1.26. The second-order valence-electron chi connectivity index (χ2n) is 5.22. The van der Waals surface area contributed by atoms with Gasteiger partial charge < -0.3 is 5.32 Å². The fourth-order valence-corrected chi connectivity index (χ4v) is 3.01. The molecule has 1 heterocycles. The molecule has 3 rings (SSSR count).